The molecule has 1 aromatic rings. The molecule has 0 amide bonds. The molecule has 0 saturated heterocycles. The summed E-state index contributed by atoms with van der Waals surface area (Å²) in [5, 5.41) is 0. The van der Waals surface area contributed by atoms with Gasteiger partial charge in [0.05, 0.1) is 0 Å². The standard InChI is InChI=1S/C6H6OSe2/c7-6-8-4-2-1-3-5(4)9-6/h1-3H2. The van der Waals surface area contributed by atoms with E-state index in [1.165, 1.54) is 19.3 Å². The van der Waals surface area contributed by atoms with Gasteiger partial charge in [0.2, 0.25) is 0 Å². The molecule has 1 aliphatic rings. The normalized spacial score (nSPS) is 16.0. The van der Waals surface area contributed by atoms with Gasteiger partial charge in [0.25, 0.3) is 0 Å². The van der Waals surface area contributed by atoms with Crippen molar-refractivity contribution < 1.29 is 0 Å². The summed E-state index contributed by atoms with van der Waals surface area (Å²) >= 11 is 0.595. The molecule has 0 radical (unpaired) electrons. The van der Waals surface area contributed by atoms with Crippen LogP contribution < -0.4 is 3.18 Å². The Morgan fingerprint density at radius 2 is 1.67 bits per heavy atom. The summed E-state index contributed by atoms with van der Waals surface area (Å²) in [6.07, 6.45) is 3.84. The van der Waals surface area contributed by atoms with Crippen molar-refractivity contribution >= 4 is 29.0 Å². The van der Waals surface area contributed by atoms with Gasteiger partial charge in [-0.2, -0.15) is 0 Å². The Labute approximate surface area is 65.2 Å². The molecule has 0 saturated carbocycles. The maximum absolute atomic E-state index is 10.9. The molecule has 0 atom stereocenters. The SMILES string of the molecule is O=c1[se]c2c([se]1)CCC2. The zero-order valence-corrected chi connectivity index (χ0v) is 8.27. The van der Waals surface area contributed by atoms with Crippen LogP contribution in [0.25, 0.3) is 0 Å². The maximum atomic E-state index is 10.9. The van der Waals surface area contributed by atoms with Crippen molar-refractivity contribution in [3.63, 3.8) is 0 Å². The van der Waals surface area contributed by atoms with Gasteiger partial charge in [-0.1, -0.05) is 0 Å². The molecule has 2 rings (SSSR count). The Kier molecular flexibility index (Phi) is 1.54. The first-order valence-electron chi connectivity index (χ1n) is 2.98. The summed E-state index contributed by atoms with van der Waals surface area (Å²) in [6.45, 7) is 0. The average molecular weight is 252 g/mol. The molecule has 0 unspecified atom stereocenters. The van der Waals surface area contributed by atoms with Crippen LogP contribution in [0.2, 0.25) is 0 Å². The number of rotatable bonds is 0. The van der Waals surface area contributed by atoms with Crippen molar-refractivity contribution in [2.45, 2.75) is 19.3 Å². The fraction of sp³-hybridized carbons (Fsp3) is 0.500. The average Bonchev–Trinajstić information content (AvgIpc) is 2.22. The molecular formula is C6H6OSe2. The molecular weight excluding hydrogens is 246 g/mol. The first-order chi connectivity index (χ1) is 4.36. The van der Waals surface area contributed by atoms with Crippen molar-refractivity contribution in [3.8, 4) is 0 Å². The van der Waals surface area contributed by atoms with Gasteiger partial charge in [-0.05, 0) is 0 Å². The van der Waals surface area contributed by atoms with E-state index in [0.717, 1.165) is 0 Å². The third kappa shape index (κ3) is 1.03. The van der Waals surface area contributed by atoms with E-state index in [-0.39, 0.29) is 0 Å². The van der Waals surface area contributed by atoms with Crippen LogP contribution in [-0.2, 0) is 12.8 Å². The number of fused-ring (bicyclic) bond motifs is 1. The van der Waals surface area contributed by atoms with Crippen LogP contribution >= 0.6 is 0 Å². The monoisotopic (exact) mass is 254 g/mol. The molecule has 0 spiro atoms. The molecule has 1 aliphatic carbocycles. The van der Waals surface area contributed by atoms with Gasteiger partial charge < -0.3 is 0 Å². The molecule has 3 heteroatoms. The van der Waals surface area contributed by atoms with E-state index >= 15 is 0 Å². The third-order valence-corrected chi connectivity index (χ3v) is 7.63. The summed E-state index contributed by atoms with van der Waals surface area (Å²) in [5.41, 5.74) is 0. The zero-order valence-electron chi connectivity index (χ0n) is 4.85. The quantitative estimate of drug-likeness (QED) is 0.577. The van der Waals surface area contributed by atoms with Crippen molar-refractivity contribution in [2.75, 3.05) is 0 Å². The van der Waals surface area contributed by atoms with Crippen LogP contribution in [0.5, 0.6) is 0 Å². The van der Waals surface area contributed by atoms with Gasteiger partial charge in [0.1, 0.15) is 0 Å². The molecule has 9 heavy (non-hydrogen) atoms. The van der Waals surface area contributed by atoms with E-state index in [2.05, 4.69) is 0 Å². The number of hydrogen-bond acceptors (Lipinski definition) is 1. The van der Waals surface area contributed by atoms with Crippen LogP contribution in [0.15, 0.2) is 4.79 Å². The van der Waals surface area contributed by atoms with Gasteiger partial charge >= 0.3 is 65.1 Å². The Morgan fingerprint density at radius 3 is 2.22 bits per heavy atom. The second-order valence-corrected chi connectivity index (χ2v) is 7.94. The molecule has 0 N–H and O–H groups in total. The Hall–Kier alpha value is 0.449. The molecule has 0 fully saturated rings. The van der Waals surface area contributed by atoms with E-state index in [9.17, 15) is 4.79 Å². The fourth-order valence-corrected chi connectivity index (χ4v) is 7.55. The van der Waals surface area contributed by atoms with Gasteiger partial charge in [-0.25, -0.2) is 0 Å². The Morgan fingerprint density at radius 1 is 1.11 bits per heavy atom. The van der Waals surface area contributed by atoms with E-state index in [1.54, 1.807) is 8.87 Å². The Balaban J connectivity index is 2.64. The summed E-state index contributed by atoms with van der Waals surface area (Å²) in [6, 6.07) is 0. The Bertz CT molecular complexity index is 246. The first kappa shape index (κ1) is 6.18. The third-order valence-electron chi connectivity index (χ3n) is 1.53. The zero-order chi connectivity index (χ0) is 6.27. The molecule has 1 aromatic heterocycles. The van der Waals surface area contributed by atoms with Crippen LogP contribution in [0.3, 0.4) is 0 Å². The number of hydrogen-bond donors (Lipinski definition) is 0. The van der Waals surface area contributed by atoms with Crippen molar-refractivity contribution in [2.24, 2.45) is 0 Å². The second-order valence-electron chi connectivity index (χ2n) is 2.15. The van der Waals surface area contributed by atoms with Gasteiger partial charge in [0, 0.05) is 0 Å². The van der Waals surface area contributed by atoms with E-state index in [1.807, 2.05) is 0 Å². The van der Waals surface area contributed by atoms with Crippen LogP contribution in [0, 0.1) is 0 Å². The molecule has 0 aromatic carbocycles. The van der Waals surface area contributed by atoms with Crippen LogP contribution in [0.1, 0.15) is 15.3 Å². The molecule has 1 heterocycles. The minimum absolute atomic E-state index is 0.297. The van der Waals surface area contributed by atoms with Crippen LogP contribution in [0.4, 0.5) is 0 Å². The molecule has 48 valence electrons. The van der Waals surface area contributed by atoms with E-state index < -0.39 is 0 Å². The minimum atomic E-state index is 0.297. The van der Waals surface area contributed by atoms with Gasteiger partial charge in [-0.3, -0.25) is 0 Å². The van der Waals surface area contributed by atoms with Gasteiger partial charge in [0.15, 0.2) is 0 Å². The first-order valence-corrected chi connectivity index (χ1v) is 6.40. The number of aryl methyl sites for hydroxylation is 2. The van der Waals surface area contributed by atoms with E-state index in [0.29, 0.717) is 32.2 Å². The summed E-state index contributed by atoms with van der Waals surface area (Å²) < 4.78 is 3.69. The molecule has 0 aliphatic heterocycles. The molecule has 1 nitrogen and oxygen atoms in total. The summed E-state index contributed by atoms with van der Waals surface area (Å²) in [5.74, 6) is 0. The summed E-state index contributed by atoms with van der Waals surface area (Å²) in [4.78, 5) is 10.9. The summed E-state index contributed by atoms with van der Waals surface area (Å²) in [7, 11) is 0. The van der Waals surface area contributed by atoms with Crippen molar-refractivity contribution in [1.82, 2.24) is 0 Å². The van der Waals surface area contributed by atoms with Gasteiger partial charge in [-0.15, -0.1) is 0 Å². The predicted octanol–water partition coefficient (Wildman–Crippen LogP) is -0.351. The van der Waals surface area contributed by atoms with Crippen molar-refractivity contribution in [1.29, 1.82) is 0 Å². The van der Waals surface area contributed by atoms with Crippen molar-refractivity contribution in [3.05, 3.63) is 16.8 Å². The topological polar surface area (TPSA) is 17.1 Å². The predicted molar refractivity (Wildman–Crippen MR) is 38.6 cm³/mol. The van der Waals surface area contributed by atoms with E-state index in [4.69, 9.17) is 0 Å². The fourth-order valence-electron chi connectivity index (χ4n) is 1.13. The molecule has 0 bridgehead atoms. The van der Waals surface area contributed by atoms with Crippen LogP contribution in [-0.4, -0.2) is 29.0 Å². The second kappa shape index (κ2) is 2.25.